The van der Waals surface area contributed by atoms with Crippen LogP contribution >= 0.6 is 0 Å². The normalized spacial score (nSPS) is 18.6. The molecular weight excluding hydrogens is 444 g/mol. The molecular formula is C32H34N2O2. The number of nitrogens with one attached hydrogen (secondary N) is 2. The van der Waals surface area contributed by atoms with Crippen LogP contribution in [0.4, 0.5) is 11.4 Å². The maximum atomic E-state index is 5.57. The van der Waals surface area contributed by atoms with Crippen molar-refractivity contribution in [3.05, 3.63) is 120 Å². The first-order valence-corrected chi connectivity index (χ1v) is 12.7. The fourth-order valence-electron chi connectivity index (χ4n) is 5.30. The Morgan fingerprint density at radius 1 is 0.722 bits per heavy atom. The highest BCUT2D eigenvalue weighted by molar-refractivity contribution is 5.62. The minimum absolute atomic E-state index is 0.125. The zero-order valence-electron chi connectivity index (χ0n) is 21.0. The molecule has 0 saturated heterocycles. The molecule has 0 saturated carbocycles. The lowest BCUT2D eigenvalue weighted by molar-refractivity contribution is 0.357. The predicted molar refractivity (Wildman–Crippen MR) is 148 cm³/mol. The van der Waals surface area contributed by atoms with Gasteiger partial charge in [0.05, 0.1) is 20.3 Å². The number of methoxy groups -OCH3 is 2. The van der Waals surface area contributed by atoms with E-state index in [1.54, 1.807) is 14.2 Å². The van der Waals surface area contributed by atoms with Crippen LogP contribution in [0.5, 0.6) is 11.5 Å². The fraction of sp³-hybridized carbons (Fsp3) is 0.250. The highest BCUT2D eigenvalue weighted by Gasteiger charge is 2.36. The molecule has 1 heterocycles. The number of rotatable bonds is 9. The summed E-state index contributed by atoms with van der Waals surface area (Å²) < 4.78 is 11.1. The van der Waals surface area contributed by atoms with Gasteiger partial charge in [0.1, 0.15) is 11.5 Å². The van der Waals surface area contributed by atoms with Crippen molar-refractivity contribution in [1.82, 2.24) is 0 Å². The third-order valence-corrected chi connectivity index (χ3v) is 7.17. The van der Waals surface area contributed by atoms with Gasteiger partial charge in [0, 0.05) is 35.5 Å². The molecule has 0 aromatic heterocycles. The van der Waals surface area contributed by atoms with E-state index in [9.17, 15) is 0 Å². The number of ether oxygens (including phenoxy) is 2. The summed E-state index contributed by atoms with van der Waals surface area (Å²) in [7, 11) is 3.44. The number of hydrogen-bond donors (Lipinski definition) is 2. The molecule has 0 spiro atoms. The maximum Gasteiger partial charge on any atom is 0.120 e. The lowest BCUT2D eigenvalue weighted by Crippen LogP contribution is -2.42. The van der Waals surface area contributed by atoms with Gasteiger partial charge in [-0.1, -0.05) is 72.8 Å². The molecule has 5 rings (SSSR count). The Labute approximate surface area is 214 Å². The third-order valence-electron chi connectivity index (χ3n) is 7.17. The van der Waals surface area contributed by atoms with E-state index in [0.717, 1.165) is 42.1 Å². The van der Waals surface area contributed by atoms with Gasteiger partial charge in [-0.05, 0) is 54.2 Å². The first-order valence-electron chi connectivity index (χ1n) is 12.7. The van der Waals surface area contributed by atoms with Gasteiger partial charge in [-0.3, -0.25) is 0 Å². The average molecular weight is 479 g/mol. The van der Waals surface area contributed by atoms with Crippen molar-refractivity contribution < 1.29 is 9.47 Å². The van der Waals surface area contributed by atoms with Gasteiger partial charge in [-0.2, -0.15) is 0 Å². The lowest BCUT2D eigenvalue weighted by Gasteiger charge is -2.42. The van der Waals surface area contributed by atoms with Crippen LogP contribution < -0.4 is 20.1 Å². The molecule has 3 atom stereocenters. The molecule has 4 aromatic carbocycles. The highest BCUT2D eigenvalue weighted by Crippen LogP contribution is 2.43. The first kappa shape index (κ1) is 23.8. The Balaban J connectivity index is 1.53. The van der Waals surface area contributed by atoms with Gasteiger partial charge in [0.2, 0.25) is 0 Å². The van der Waals surface area contributed by atoms with Crippen molar-refractivity contribution in [2.24, 2.45) is 5.92 Å². The molecule has 0 amide bonds. The molecule has 4 heteroatoms. The molecule has 0 unspecified atom stereocenters. The third kappa shape index (κ3) is 5.49. The van der Waals surface area contributed by atoms with E-state index in [1.165, 1.54) is 16.7 Å². The van der Waals surface area contributed by atoms with E-state index in [1.807, 2.05) is 12.1 Å². The van der Waals surface area contributed by atoms with E-state index in [2.05, 4.69) is 102 Å². The summed E-state index contributed by atoms with van der Waals surface area (Å²) in [6.07, 6.45) is 3.03. The average Bonchev–Trinajstić information content (AvgIpc) is 2.94. The van der Waals surface area contributed by atoms with Crippen molar-refractivity contribution in [2.45, 2.75) is 31.3 Å². The Morgan fingerprint density at radius 2 is 1.42 bits per heavy atom. The minimum Gasteiger partial charge on any atom is -0.497 e. The zero-order chi connectivity index (χ0) is 24.7. The van der Waals surface area contributed by atoms with Crippen LogP contribution in [0.25, 0.3) is 0 Å². The summed E-state index contributed by atoms with van der Waals surface area (Å²) >= 11 is 0. The molecule has 2 N–H and O–H groups in total. The number of hydrogen-bond acceptors (Lipinski definition) is 4. The van der Waals surface area contributed by atoms with Gasteiger partial charge < -0.3 is 20.1 Å². The Hall–Kier alpha value is -3.92. The lowest BCUT2D eigenvalue weighted by atomic mass is 9.77. The van der Waals surface area contributed by atoms with Crippen LogP contribution in [-0.4, -0.2) is 20.3 Å². The SMILES string of the molecule is COc1cccc(N[C@H]2c3ccc(OC)cc3N[C@@H](CCc3ccccc3)[C@@H]2Cc2ccccc2)c1. The molecule has 0 aliphatic carbocycles. The van der Waals surface area contributed by atoms with Crippen LogP contribution in [0.15, 0.2) is 103 Å². The van der Waals surface area contributed by atoms with Crippen molar-refractivity contribution in [3.63, 3.8) is 0 Å². The largest absolute Gasteiger partial charge is 0.497 e. The Morgan fingerprint density at radius 3 is 2.14 bits per heavy atom. The minimum atomic E-state index is 0.125. The summed E-state index contributed by atoms with van der Waals surface area (Å²) in [6, 6.07) is 36.6. The highest BCUT2D eigenvalue weighted by atomic mass is 16.5. The Bertz CT molecular complexity index is 1260. The fourth-order valence-corrected chi connectivity index (χ4v) is 5.30. The summed E-state index contributed by atoms with van der Waals surface area (Å²) in [5, 5.41) is 7.79. The van der Waals surface area contributed by atoms with Crippen LogP contribution in [0, 0.1) is 5.92 Å². The molecule has 4 aromatic rings. The summed E-state index contributed by atoms with van der Waals surface area (Å²) in [6.45, 7) is 0. The molecule has 0 radical (unpaired) electrons. The summed E-state index contributed by atoms with van der Waals surface area (Å²) in [5.74, 6) is 2.05. The van der Waals surface area contributed by atoms with Crippen LogP contribution in [0.3, 0.4) is 0 Å². The molecule has 0 bridgehead atoms. The maximum absolute atomic E-state index is 5.57. The van der Waals surface area contributed by atoms with Crippen LogP contribution in [0.2, 0.25) is 0 Å². The van der Waals surface area contributed by atoms with Gasteiger partial charge in [-0.15, -0.1) is 0 Å². The number of anilines is 2. The van der Waals surface area contributed by atoms with E-state index in [-0.39, 0.29) is 12.1 Å². The quantitative estimate of drug-likeness (QED) is 0.268. The van der Waals surface area contributed by atoms with Crippen molar-refractivity contribution >= 4 is 11.4 Å². The predicted octanol–water partition coefficient (Wildman–Crippen LogP) is 7.14. The smallest absolute Gasteiger partial charge is 0.120 e. The Kier molecular flexibility index (Phi) is 7.41. The molecule has 184 valence electrons. The van der Waals surface area contributed by atoms with Gasteiger partial charge >= 0.3 is 0 Å². The van der Waals surface area contributed by atoms with E-state index >= 15 is 0 Å². The number of benzene rings is 4. The topological polar surface area (TPSA) is 42.5 Å². The molecule has 4 nitrogen and oxygen atoms in total. The van der Waals surface area contributed by atoms with E-state index < -0.39 is 0 Å². The number of aryl methyl sites for hydroxylation is 1. The molecule has 0 fully saturated rings. The van der Waals surface area contributed by atoms with Crippen LogP contribution in [-0.2, 0) is 12.8 Å². The second kappa shape index (κ2) is 11.2. The molecule has 1 aliphatic heterocycles. The van der Waals surface area contributed by atoms with Crippen molar-refractivity contribution in [3.8, 4) is 11.5 Å². The zero-order valence-corrected chi connectivity index (χ0v) is 21.0. The number of fused-ring (bicyclic) bond motifs is 1. The molecule has 1 aliphatic rings. The van der Waals surface area contributed by atoms with Crippen molar-refractivity contribution in [1.29, 1.82) is 0 Å². The summed E-state index contributed by atoms with van der Waals surface area (Å²) in [5.41, 5.74) is 6.17. The second-order valence-corrected chi connectivity index (χ2v) is 9.44. The van der Waals surface area contributed by atoms with Gasteiger partial charge in [-0.25, -0.2) is 0 Å². The van der Waals surface area contributed by atoms with E-state index in [0.29, 0.717) is 5.92 Å². The van der Waals surface area contributed by atoms with Crippen LogP contribution in [0.1, 0.15) is 29.2 Å². The molecule has 36 heavy (non-hydrogen) atoms. The van der Waals surface area contributed by atoms with Gasteiger partial charge in [0.15, 0.2) is 0 Å². The van der Waals surface area contributed by atoms with E-state index in [4.69, 9.17) is 9.47 Å². The monoisotopic (exact) mass is 478 g/mol. The second-order valence-electron chi connectivity index (χ2n) is 9.44. The van der Waals surface area contributed by atoms with Crippen molar-refractivity contribution in [2.75, 3.05) is 24.9 Å². The first-order chi connectivity index (χ1) is 17.7. The standard InChI is InChI=1S/C32H34N2O2/c1-35-26-15-9-14-25(21-26)33-32-28-18-17-27(36-2)22-31(28)34-30(19-16-23-10-5-3-6-11-23)29(32)20-24-12-7-4-8-13-24/h3-15,17-18,21-22,29-30,32-34H,16,19-20H2,1-2H3/t29-,30-,32-/m0/s1. The van der Waals surface area contributed by atoms with Gasteiger partial charge in [0.25, 0.3) is 0 Å². The summed E-state index contributed by atoms with van der Waals surface area (Å²) in [4.78, 5) is 0.